The Labute approximate surface area is 141 Å². The molecule has 0 spiro atoms. The molecule has 23 heavy (non-hydrogen) atoms. The predicted octanol–water partition coefficient (Wildman–Crippen LogP) is 5.12. The van der Waals surface area contributed by atoms with Gasteiger partial charge in [0, 0.05) is 17.1 Å². The van der Waals surface area contributed by atoms with E-state index < -0.39 is 6.49 Å². The van der Waals surface area contributed by atoms with Gasteiger partial charge in [-0.1, -0.05) is 54.6 Å². The molecule has 1 unspecified atom stereocenters. The van der Waals surface area contributed by atoms with Gasteiger partial charge in [-0.2, -0.15) is 0 Å². The highest BCUT2D eigenvalue weighted by atomic mass is 32.4. The molecule has 0 fully saturated rings. The fraction of sp³-hybridized carbons (Fsp3) is 0. The molecule has 3 rings (SSSR count). The van der Waals surface area contributed by atoms with Gasteiger partial charge in [0.2, 0.25) is 0 Å². The summed E-state index contributed by atoms with van der Waals surface area (Å²) in [5.74, 6) is 0. The van der Waals surface area contributed by atoms with Gasteiger partial charge in [0.25, 0.3) is 0 Å². The lowest BCUT2D eigenvalue weighted by molar-refractivity contribution is 1.39. The third-order valence-corrected chi connectivity index (χ3v) is 5.76. The Balaban J connectivity index is 2.03. The first-order valence-corrected chi connectivity index (χ1v) is 10.1. The Morgan fingerprint density at radius 1 is 0.696 bits per heavy atom. The van der Waals surface area contributed by atoms with Crippen LogP contribution in [0.25, 0.3) is 0 Å². The monoisotopic (exact) mass is 339 g/mol. The van der Waals surface area contributed by atoms with Crippen molar-refractivity contribution in [1.82, 2.24) is 0 Å². The van der Waals surface area contributed by atoms with E-state index in [-0.39, 0.29) is 0 Å². The van der Waals surface area contributed by atoms with E-state index in [0.717, 1.165) is 17.1 Å². The summed E-state index contributed by atoms with van der Waals surface area (Å²) < 4.78 is 2.02. The minimum atomic E-state index is -2.55. The number of anilines is 3. The Kier molecular flexibility index (Phi) is 4.77. The molecule has 3 nitrogen and oxygen atoms in total. The molecule has 0 amide bonds. The molecular weight excluding hydrogens is 321 g/mol. The summed E-state index contributed by atoms with van der Waals surface area (Å²) in [6.45, 7) is -2.55. The summed E-state index contributed by atoms with van der Waals surface area (Å²) in [5.41, 5.74) is 9.48. The van der Waals surface area contributed by atoms with Crippen molar-refractivity contribution in [2.45, 2.75) is 0 Å². The van der Waals surface area contributed by atoms with Crippen LogP contribution in [0.5, 0.6) is 0 Å². The maximum absolute atomic E-state index is 6.60. The van der Waals surface area contributed by atoms with E-state index >= 15 is 0 Å². The van der Waals surface area contributed by atoms with Gasteiger partial charge >= 0.3 is 0 Å². The van der Waals surface area contributed by atoms with Crippen LogP contribution in [-0.4, -0.2) is 0 Å². The zero-order valence-corrected chi connectivity index (χ0v) is 14.3. The third kappa shape index (κ3) is 3.80. The van der Waals surface area contributed by atoms with Crippen molar-refractivity contribution in [3.8, 4) is 0 Å². The molecule has 5 heteroatoms. The zero-order valence-electron chi connectivity index (χ0n) is 12.5. The molecule has 0 aliphatic carbocycles. The SMILES string of the molecule is NP(=S)(Nc1ccccc1)N(c1ccccc1)c1ccccc1. The number of rotatable bonds is 5. The normalized spacial score (nSPS) is 13.1. The maximum atomic E-state index is 6.60. The fourth-order valence-electron chi connectivity index (χ4n) is 2.38. The summed E-state index contributed by atoms with van der Waals surface area (Å²) >= 11 is 5.81. The topological polar surface area (TPSA) is 41.3 Å². The minimum Gasteiger partial charge on any atom is -0.330 e. The van der Waals surface area contributed by atoms with Gasteiger partial charge in [0.05, 0.1) is 0 Å². The Morgan fingerprint density at radius 2 is 1.09 bits per heavy atom. The van der Waals surface area contributed by atoms with Crippen LogP contribution in [0.4, 0.5) is 17.1 Å². The first-order valence-electron chi connectivity index (χ1n) is 7.29. The van der Waals surface area contributed by atoms with Crippen LogP contribution in [-0.2, 0) is 11.8 Å². The van der Waals surface area contributed by atoms with Crippen molar-refractivity contribution in [3.63, 3.8) is 0 Å². The van der Waals surface area contributed by atoms with Gasteiger partial charge in [0.15, 0.2) is 6.49 Å². The molecule has 3 aromatic carbocycles. The van der Waals surface area contributed by atoms with E-state index in [2.05, 4.69) is 5.09 Å². The second-order valence-corrected chi connectivity index (χ2v) is 8.62. The van der Waals surface area contributed by atoms with Crippen LogP contribution in [0.15, 0.2) is 91.0 Å². The number of benzene rings is 3. The lowest BCUT2D eigenvalue weighted by Gasteiger charge is -2.34. The van der Waals surface area contributed by atoms with Crippen LogP contribution in [0.2, 0.25) is 0 Å². The molecule has 0 saturated carbocycles. The smallest absolute Gasteiger partial charge is 0.190 e. The first-order chi connectivity index (χ1) is 11.2. The summed E-state index contributed by atoms with van der Waals surface area (Å²) in [6, 6.07) is 29.9. The molecule has 0 aliphatic heterocycles. The third-order valence-electron chi connectivity index (χ3n) is 3.36. The standard InChI is InChI=1S/C18H18N3PS/c19-22(23,20-16-10-4-1-5-11-16)21(17-12-6-2-7-13-17)18-14-8-3-9-15-18/h1-15H,(H3,19,20,23). The second-order valence-electron chi connectivity index (χ2n) is 5.08. The Morgan fingerprint density at radius 3 is 1.52 bits per heavy atom. The number of hydrogen-bond donors (Lipinski definition) is 2. The van der Waals surface area contributed by atoms with Crippen molar-refractivity contribution in [3.05, 3.63) is 91.0 Å². The molecule has 1 atom stereocenters. The van der Waals surface area contributed by atoms with Crippen molar-refractivity contribution < 1.29 is 0 Å². The summed E-state index contributed by atoms with van der Waals surface area (Å²) in [7, 11) is 0. The van der Waals surface area contributed by atoms with Crippen LogP contribution in [0.1, 0.15) is 0 Å². The van der Waals surface area contributed by atoms with Crippen LogP contribution >= 0.6 is 6.49 Å². The van der Waals surface area contributed by atoms with Gasteiger partial charge < -0.3 is 5.09 Å². The molecular formula is C18H18N3PS. The fourth-order valence-corrected chi connectivity index (χ4v) is 4.83. The number of para-hydroxylation sites is 3. The average Bonchev–Trinajstić information content (AvgIpc) is 2.57. The average molecular weight is 339 g/mol. The van der Waals surface area contributed by atoms with E-state index in [1.54, 1.807) is 0 Å². The van der Waals surface area contributed by atoms with Gasteiger partial charge in [0.1, 0.15) is 0 Å². The van der Waals surface area contributed by atoms with Gasteiger partial charge in [-0.05, 0) is 48.2 Å². The van der Waals surface area contributed by atoms with Crippen LogP contribution in [0.3, 0.4) is 0 Å². The van der Waals surface area contributed by atoms with E-state index in [1.807, 2.05) is 95.7 Å². The second kappa shape index (κ2) is 6.97. The van der Waals surface area contributed by atoms with E-state index in [4.69, 9.17) is 17.3 Å². The van der Waals surface area contributed by atoms with Crippen molar-refractivity contribution in [2.24, 2.45) is 5.50 Å². The summed E-state index contributed by atoms with van der Waals surface area (Å²) in [4.78, 5) is 0. The number of nitrogens with one attached hydrogen (secondary N) is 1. The van der Waals surface area contributed by atoms with E-state index in [1.165, 1.54) is 0 Å². The Bertz CT molecular complexity index is 755. The maximum Gasteiger partial charge on any atom is 0.190 e. The molecule has 3 aromatic rings. The lowest BCUT2D eigenvalue weighted by atomic mass is 10.3. The molecule has 0 aromatic heterocycles. The predicted molar refractivity (Wildman–Crippen MR) is 104 cm³/mol. The molecule has 0 bridgehead atoms. The minimum absolute atomic E-state index is 0.926. The van der Waals surface area contributed by atoms with Crippen LogP contribution < -0.4 is 15.3 Å². The van der Waals surface area contributed by atoms with Gasteiger partial charge in [-0.15, -0.1) is 0 Å². The van der Waals surface area contributed by atoms with E-state index in [9.17, 15) is 0 Å². The molecule has 116 valence electrons. The number of hydrogen-bond acceptors (Lipinski definition) is 1. The highest BCUT2D eigenvalue weighted by molar-refractivity contribution is 8.15. The Hall–Kier alpha value is -2.13. The molecule has 0 saturated heterocycles. The van der Waals surface area contributed by atoms with Crippen LogP contribution in [0, 0.1) is 0 Å². The summed E-state index contributed by atoms with van der Waals surface area (Å²) in [5, 5.41) is 3.34. The summed E-state index contributed by atoms with van der Waals surface area (Å²) in [6.07, 6.45) is 0. The number of nitrogens with two attached hydrogens (primary N) is 1. The quantitative estimate of drug-likeness (QED) is 0.633. The number of nitrogens with zero attached hydrogens (tertiary/aromatic N) is 1. The highest BCUT2D eigenvalue weighted by Gasteiger charge is 2.23. The van der Waals surface area contributed by atoms with Crippen molar-refractivity contribution in [2.75, 3.05) is 9.76 Å². The molecule has 0 radical (unpaired) electrons. The zero-order chi connectivity index (χ0) is 16.1. The van der Waals surface area contributed by atoms with Crippen molar-refractivity contribution >= 4 is 35.4 Å². The highest BCUT2D eigenvalue weighted by Crippen LogP contribution is 2.50. The molecule has 0 heterocycles. The largest absolute Gasteiger partial charge is 0.330 e. The van der Waals surface area contributed by atoms with E-state index in [0.29, 0.717) is 0 Å². The van der Waals surface area contributed by atoms with Crippen molar-refractivity contribution in [1.29, 1.82) is 0 Å². The van der Waals surface area contributed by atoms with Gasteiger partial charge in [-0.3, -0.25) is 10.2 Å². The lowest BCUT2D eigenvalue weighted by Crippen LogP contribution is -2.23. The molecule has 0 aliphatic rings. The van der Waals surface area contributed by atoms with Gasteiger partial charge in [-0.25, -0.2) is 0 Å². The molecule has 3 N–H and O–H groups in total. The first kappa shape index (κ1) is 15.8.